The van der Waals surface area contributed by atoms with Gasteiger partial charge in [0.2, 0.25) is 10.0 Å². The summed E-state index contributed by atoms with van der Waals surface area (Å²) in [5, 5.41) is 2.85. The van der Waals surface area contributed by atoms with Crippen molar-refractivity contribution < 1.29 is 8.42 Å². The number of likely N-dealkylation sites (tertiary alicyclic amines) is 1. The number of piperidine rings is 1. The summed E-state index contributed by atoms with van der Waals surface area (Å²) in [6.45, 7) is 1.83. The molecular weight excluding hydrogens is 356 g/mol. The first-order chi connectivity index (χ1) is 9.86. The molecule has 0 unspecified atom stereocenters. The van der Waals surface area contributed by atoms with Crippen molar-refractivity contribution in [2.45, 2.75) is 23.8 Å². The molecule has 1 aromatic rings. The van der Waals surface area contributed by atoms with Gasteiger partial charge in [-0.15, -0.1) is 0 Å². The zero-order valence-corrected chi connectivity index (χ0v) is 14.9. The number of aromatic nitrogens is 1. The molecular formula is C13H21BrN4O2S. The fourth-order valence-corrected chi connectivity index (χ4v) is 4.59. The van der Waals surface area contributed by atoms with Crippen LogP contribution >= 0.6 is 15.9 Å². The van der Waals surface area contributed by atoms with Crippen LogP contribution in [-0.2, 0) is 10.0 Å². The predicted molar refractivity (Wildman–Crippen MR) is 87.0 cm³/mol. The van der Waals surface area contributed by atoms with Crippen LogP contribution in [0.25, 0.3) is 0 Å². The van der Waals surface area contributed by atoms with Crippen LogP contribution in [0.15, 0.2) is 21.6 Å². The third kappa shape index (κ3) is 3.56. The van der Waals surface area contributed by atoms with E-state index in [9.17, 15) is 8.42 Å². The Morgan fingerprint density at radius 3 is 2.62 bits per heavy atom. The summed E-state index contributed by atoms with van der Waals surface area (Å²) in [5.41, 5.74) is 0. The van der Waals surface area contributed by atoms with Crippen molar-refractivity contribution in [1.29, 1.82) is 0 Å². The van der Waals surface area contributed by atoms with E-state index in [1.807, 2.05) is 0 Å². The van der Waals surface area contributed by atoms with Gasteiger partial charge < -0.3 is 10.2 Å². The normalized spacial score (nSPS) is 18.1. The van der Waals surface area contributed by atoms with E-state index in [2.05, 4.69) is 38.2 Å². The van der Waals surface area contributed by atoms with E-state index in [1.54, 1.807) is 26.4 Å². The number of pyridine rings is 1. The van der Waals surface area contributed by atoms with Crippen LogP contribution in [0, 0.1) is 0 Å². The molecule has 1 aliphatic rings. The second-order valence-corrected chi connectivity index (χ2v) is 8.19. The quantitative estimate of drug-likeness (QED) is 0.864. The van der Waals surface area contributed by atoms with Crippen molar-refractivity contribution in [3.8, 4) is 0 Å². The van der Waals surface area contributed by atoms with Gasteiger partial charge in [-0.1, -0.05) is 0 Å². The van der Waals surface area contributed by atoms with Crippen LogP contribution in [-0.4, -0.2) is 62.9 Å². The lowest BCUT2D eigenvalue weighted by Gasteiger charge is -2.34. The summed E-state index contributed by atoms with van der Waals surface area (Å²) in [4.78, 5) is 6.56. The molecule has 21 heavy (non-hydrogen) atoms. The van der Waals surface area contributed by atoms with E-state index in [0.717, 1.165) is 25.9 Å². The summed E-state index contributed by atoms with van der Waals surface area (Å²) >= 11 is 3.29. The Hall–Kier alpha value is -0.700. The molecule has 0 aliphatic carbocycles. The van der Waals surface area contributed by atoms with E-state index in [0.29, 0.717) is 10.3 Å². The molecule has 0 amide bonds. The van der Waals surface area contributed by atoms with Crippen molar-refractivity contribution in [1.82, 2.24) is 14.2 Å². The van der Waals surface area contributed by atoms with E-state index in [-0.39, 0.29) is 10.9 Å². The van der Waals surface area contributed by atoms with Crippen LogP contribution in [0.2, 0.25) is 0 Å². The molecule has 2 rings (SSSR count). The second-order valence-electron chi connectivity index (χ2n) is 5.31. The van der Waals surface area contributed by atoms with Gasteiger partial charge >= 0.3 is 0 Å². The highest BCUT2D eigenvalue weighted by Gasteiger charge is 2.32. The van der Waals surface area contributed by atoms with Crippen LogP contribution in [0.4, 0.5) is 5.82 Å². The molecule has 1 aromatic heterocycles. The molecule has 118 valence electrons. The van der Waals surface area contributed by atoms with Gasteiger partial charge in [0.05, 0.1) is 0 Å². The van der Waals surface area contributed by atoms with Gasteiger partial charge in [0, 0.05) is 30.8 Å². The third-order valence-corrected chi connectivity index (χ3v) is 6.27. The molecule has 0 atom stereocenters. The first kappa shape index (κ1) is 16.7. The lowest BCUT2D eigenvalue weighted by atomic mass is 10.1. The van der Waals surface area contributed by atoms with E-state index < -0.39 is 10.0 Å². The average molecular weight is 377 g/mol. The molecule has 6 nitrogen and oxygen atoms in total. The fourth-order valence-electron chi connectivity index (χ4n) is 2.52. The smallest absolute Gasteiger partial charge is 0.246 e. The minimum atomic E-state index is -3.56. The Labute approximate surface area is 134 Å². The Balaban J connectivity index is 2.31. The largest absolute Gasteiger partial charge is 0.372 e. The van der Waals surface area contributed by atoms with Gasteiger partial charge in [-0.2, -0.15) is 4.31 Å². The highest BCUT2D eigenvalue weighted by Crippen LogP contribution is 2.28. The summed E-state index contributed by atoms with van der Waals surface area (Å²) in [6, 6.07) is 1.63. The molecule has 0 spiro atoms. The van der Waals surface area contributed by atoms with Gasteiger partial charge in [0.1, 0.15) is 10.7 Å². The molecule has 0 aromatic carbocycles. The molecule has 0 saturated carbocycles. The number of anilines is 1. The molecule has 8 heteroatoms. The lowest BCUT2D eigenvalue weighted by Crippen LogP contribution is -2.44. The summed E-state index contributed by atoms with van der Waals surface area (Å²) in [7, 11) is 1.83. The standard InChI is InChI=1S/C13H21BrN4O2S/c1-15-13-12(8-10(14)9-16-13)21(19,20)18(3)11-4-6-17(2)7-5-11/h8-9,11H,4-7H2,1-3H3,(H,15,16). The van der Waals surface area contributed by atoms with Crippen molar-refractivity contribution in [3.63, 3.8) is 0 Å². The number of halogens is 1. The van der Waals surface area contributed by atoms with Gasteiger partial charge in [0.15, 0.2) is 0 Å². The Morgan fingerprint density at radius 1 is 1.43 bits per heavy atom. The molecule has 1 aliphatic heterocycles. The predicted octanol–water partition coefficient (Wildman–Crippen LogP) is 1.60. The maximum absolute atomic E-state index is 12.9. The topological polar surface area (TPSA) is 65.5 Å². The molecule has 1 fully saturated rings. The van der Waals surface area contributed by atoms with Gasteiger partial charge in [0.25, 0.3) is 0 Å². The number of sulfonamides is 1. The van der Waals surface area contributed by atoms with E-state index in [1.165, 1.54) is 4.31 Å². The first-order valence-corrected chi connectivity index (χ1v) is 9.09. The zero-order valence-electron chi connectivity index (χ0n) is 12.5. The summed E-state index contributed by atoms with van der Waals surface area (Å²) in [5.74, 6) is 0.373. The van der Waals surface area contributed by atoms with Crippen LogP contribution < -0.4 is 5.32 Å². The van der Waals surface area contributed by atoms with E-state index in [4.69, 9.17) is 0 Å². The fraction of sp³-hybridized carbons (Fsp3) is 0.615. The molecule has 2 heterocycles. The van der Waals surface area contributed by atoms with Crippen LogP contribution in [0.1, 0.15) is 12.8 Å². The number of hydrogen-bond donors (Lipinski definition) is 1. The SMILES string of the molecule is CNc1ncc(Br)cc1S(=O)(=O)N(C)C1CCN(C)CC1. The minimum absolute atomic E-state index is 0.0369. The Bertz CT molecular complexity index is 600. The van der Waals surface area contributed by atoms with Crippen LogP contribution in [0.3, 0.4) is 0 Å². The number of rotatable bonds is 4. The maximum Gasteiger partial charge on any atom is 0.246 e. The summed E-state index contributed by atoms with van der Waals surface area (Å²) < 4.78 is 27.9. The first-order valence-electron chi connectivity index (χ1n) is 6.86. The van der Waals surface area contributed by atoms with Gasteiger partial charge in [-0.05, 0) is 55.0 Å². The van der Waals surface area contributed by atoms with Crippen LogP contribution in [0.5, 0.6) is 0 Å². The third-order valence-electron chi connectivity index (χ3n) is 3.92. The average Bonchev–Trinajstić information content (AvgIpc) is 2.47. The molecule has 1 N–H and O–H groups in total. The van der Waals surface area contributed by atoms with E-state index >= 15 is 0 Å². The van der Waals surface area contributed by atoms with Crippen molar-refractivity contribution >= 4 is 31.8 Å². The number of nitrogens with one attached hydrogen (secondary N) is 1. The summed E-state index contributed by atoms with van der Waals surface area (Å²) in [6.07, 6.45) is 3.28. The van der Waals surface area contributed by atoms with Gasteiger partial charge in [-0.25, -0.2) is 13.4 Å². The lowest BCUT2D eigenvalue weighted by molar-refractivity contribution is 0.197. The minimum Gasteiger partial charge on any atom is -0.372 e. The zero-order chi connectivity index (χ0) is 15.6. The van der Waals surface area contributed by atoms with Gasteiger partial charge in [-0.3, -0.25) is 0 Å². The highest BCUT2D eigenvalue weighted by atomic mass is 79.9. The number of hydrogen-bond acceptors (Lipinski definition) is 5. The monoisotopic (exact) mass is 376 g/mol. The van der Waals surface area contributed by atoms with Crippen molar-refractivity contribution in [2.24, 2.45) is 0 Å². The maximum atomic E-state index is 12.9. The number of nitrogens with zero attached hydrogens (tertiary/aromatic N) is 3. The molecule has 0 radical (unpaired) electrons. The Morgan fingerprint density at radius 2 is 2.05 bits per heavy atom. The Kier molecular flexibility index (Phi) is 5.24. The second kappa shape index (κ2) is 6.60. The highest BCUT2D eigenvalue weighted by molar-refractivity contribution is 9.10. The van der Waals surface area contributed by atoms with Crippen molar-refractivity contribution in [2.75, 3.05) is 39.5 Å². The molecule has 0 bridgehead atoms. The molecule has 1 saturated heterocycles. The van der Waals surface area contributed by atoms with Crippen molar-refractivity contribution in [3.05, 3.63) is 16.7 Å².